The van der Waals surface area contributed by atoms with Gasteiger partial charge in [-0.05, 0) is 12.1 Å². The molecule has 0 heterocycles. The Morgan fingerprint density at radius 1 is 1.56 bits per heavy atom. The topological polar surface area (TPSA) is 76.7 Å². The van der Waals surface area contributed by atoms with Gasteiger partial charge in [0.25, 0.3) is 0 Å². The van der Waals surface area contributed by atoms with Gasteiger partial charge in [-0.3, -0.25) is 4.79 Å². The third-order valence-electron chi connectivity index (χ3n) is 1.97. The number of rotatable bonds is 6. The van der Waals surface area contributed by atoms with Crippen LogP contribution >= 0.6 is 11.6 Å². The van der Waals surface area contributed by atoms with Crippen molar-refractivity contribution in [1.29, 1.82) is 0 Å². The zero-order chi connectivity index (χ0) is 13.4. The number of carbonyl (C=O) groups is 1. The number of hydrogen-bond donors (Lipinski definition) is 2. The molecule has 5 nitrogen and oxygen atoms in total. The Morgan fingerprint density at radius 3 is 3.00 bits per heavy atom. The molecule has 0 aliphatic rings. The monoisotopic (exact) mass is 269 g/mol. The highest BCUT2D eigenvalue weighted by molar-refractivity contribution is 6.28. The number of amidine groups is 1. The second-order valence-corrected chi connectivity index (χ2v) is 3.83. The van der Waals surface area contributed by atoms with Crippen LogP contribution in [-0.2, 0) is 4.79 Å². The van der Waals surface area contributed by atoms with Gasteiger partial charge in [0, 0.05) is 13.0 Å². The number of ether oxygens (including phenoxy) is 1. The van der Waals surface area contributed by atoms with E-state index in [0.717, 1.165) is 0 Å². The van der Waals surface area contributed by atoms with Gasteiger partial charge in [-0.25, -0.2) is 4.99 Å². The van der Waals surface area contributed by atoms with Crippen LogP contribution in [0.15, 0.2) is 29.3 Å². The van der Waals surface area contributed by atoms with Crippen LogP contribution in [0, 0.1) is 0 Å². The summed E-state index contributed by atoms with van der Waals surface area (Å²) in [5, 5.41) is 2.64. The third kappa shape index (κ3) is 5.54. The molecule has 6 heteroatoms. The lowest BCUT2D eigenvalue weighted by Crippen LogP contribution is -2.25. The normalized spacial score (nSPS) is 11.1. The zero-order valence-electron chi connectivity index (χ0n) is 10.1. The van der Waals surface area contributed by atoms with Gasteiger partial charge >= 0.3 is 0 Å². The first-order valence-electron chi connectivity index (χ1n) is 5.48. The smallest absolute Gasteiger partial charge is 0.216 e. The summed E-state index contributed by atoms with van der Waals surface area (Å²) >= 11 is 5.55. The van der Waals surface area contributed by atoms with Crippen LogP contribution in [-0.4, -0.2) is 30.8 Å². The van der Waals surface area contributed by atoms with Crippen molar-refractivity contribution in [2.75, 3.05) is 19.0 Å². The highest BCUT2D eigenvalue weighted by Crippen LogP contribution is 2.19. The maximum Gasteiger partial charge on any atom is 0.216 e. The standard InChI is InChI=1S/C12H16ClN3O2/c1-9(17)15-5-6-18-11-4-2-3-10(7-11)16-12(14)8-13/h2-4,7H,5-6,8H2,1H3,(H2,14,16)(H,15,17). The lowest BCUT2D eigenvalue weighted by Gasteiger charge is -2.07. The molecule has 0 aliphatic heterocycles. The highest BCUT2D eigenvalue weighted by Gasteiger charge is 1.97. The Bertz CT molecular complexity index is 435. The van der Waals surface area contributed by atoms with Crippen LogP contribution in [0.4, 0.5) is 5.69 Å². The first kappa shape index (κ1) is 14.3. The third-order valence-corrected chi connectivity index (χ3v) is 2.25. The number of aliphatic imine (C=N–C) groups is 1. The van der Waals surface area contributed by atoms with Crippen molar-refractivity contribution in [3.05, 3.63) is 24.3 Å². The van der Waals surface area contributed by atoms with E-state index in [-0.39, 0.29) is 11.8 Å². The summed E-state index contributed by atoms with van der Waals surface area (Å²) in [6, 6.07) is 7.19. The fourth-order valence-electron chi connectivity index (χ4n) is 1.23. The van der Waals surface area contributed by atoms with E-state index in [9.17, 15) is 4.79 Å². The molecule has 0 fully saturated rings. The Hall–Kier alpha value is -1.75. The van der Waals surface area contributed by atoms with Crippen molar-refractivity contribution >= 4 is 29.0 Å². The maximum absolute atomic E-state index is 10.7. The van der Waals surface area contributed by atoms with Gasteiger partial charge in [-0.2, -0.15) is 0 Å². The SMILES string of the molecule is CC(=O)NCCOc1cccc(N=C(N)CCl)c1. The van der Waals surface area contributed by atoms with Crippen molar-refractivity contribution in [3.8, 4) is 5.75 Å². The summed E-state index contributed by atoms with van der Waals surface area (Å²) in [7, 11) is 0. The first-order valence-corrected chi connectivity index (χ1v) is 6.01. The number of hydrogen-bond acceptors (Lipinski definition) is 3. The molecule has 1 amide bonds. The second-order valence-electron chi connectivity index (χ2n) is 3.57. The quantitative estimate of drug-likeness (QED) is 0.355. The summed E-state index contributed by atoms with van der Waals surface area (Å²) in [6.07, 6.45) is 0. The van der Waals surface area contributed by atoms with E-state index in [4.69, 9.17) is 22.1 Å². The predicted molar refractivity (Wildman–Crippen MR) is 72.6 cm³/mol. The molecule has 18 heavy (non-hydrogen) atoms. The minimum atomic E-state index is -0.0770. The molecular formula is C12H16ClN3O2. The van der Waals surface area contributed by atoms with Gasteiger partial charge in [-0.15, -0.1) is 11.6 Å². The molecule has 0 bridgehead atoms. The summed E-state index contributed by atoms with van der Waals surface area (Å²) < 4.78 is 5.45. The summed E-state index contributed by atoms with van der Waals surface area (Å²) in [4.78, 5) is 14.8. The van der Waals surface area contributed by atoms with Gasteiger partial charge in [-0.1, -0.05) is 6.07 Å². The maximum atomic E-state index is 10.7. The molecular weight excluding hydrogens is 254 g/mol. The molecule has 3 N–H and O–H groups in total. The molecule has 0 radical (unpaired) electrons. The van der Waals surface area contributed by atoms with E-state index in [1.54, 1.807) is 12.1 Å². The van der Waals surface area contributed by atoms with Crippen molar-refractivity contribution < 1.29 is 9.53 Å². The van der Waals surface area contributed by atoms with Crippen LogP contribution in [0.3, 0.4) is 0 Å². The largest absolute Gasteiger partial charge is 0.492 e. The fourth-order valence-corrected chi connectivity index (χ4v) is 1.29. The van der Waals surface area contributed by atoms with Gasteiger partial charge < -0.3 is 15.8 Å². The molecule has 0 aliphatic carbocycles. The summed E-state index contributed by atoms with van der Waals surface area (Å²) in [5.74, 6) is 1.14. The van der Waals surface area contributed by atoms with Crippen LogP contribution in [0.25, 0.3) is 0 Å². The minimum Gasteiger partial charge on any atom is -0.492 e. The average molecular weight is 270 g/mol. The zero-order valence-corrected chi connectivity index (χ0v) is 10.9. The van der Waals surface area contributed by atoms with E-state index in [1.807, 2.05) is 12.1 Å². The van der Waals surface area contributed by atoms with Crippen LogP contribution in [0.5, 0.6) is 5.75 Å². The number of halogens is 1. The van der Waals surface area contributed by atoms with E-state index in [2.05, 4.69) is 10.3 Å². The minimum absolute atomic E-state index is 0.0770. The Labute approximate surface area is 111 Å². The van der Waals surface area contributed by atoms with Gasteiger partial charge in [0.1, 0.15) is 18.2 Å². The van der Waals surface area contributed by atoms with Crippen LogP contribution in [0.1, 0.15) is 6.92 Å². The van der Waals surface area contributed by atoms with Gasteiger partial charge in [0.15, 0.2) is 0 Å². The van der Waals surface area contributed by atoms with E-state index in [0.29, 0.717) is 30.4 Å². The number of carbonyl (C=O) groups excluding carboxylic acids is 1. The predicted octanol–water partition coefficient (Wildman–Crippen LogP) is 1.43. The lowest BCUT2D eigenvalue weighted by atomic mass is 10.3. The van der Waals surface area contributed by atoms with Gasteiger partial charge in [0.05, 0.1) is 18.1 Å². The van der Waals surface area contributed by atoms with Crippen molar-refractivity contribution in [3.63, 3.8) is 0 Å². The number of nitrogens with two attached hydrogens (primary N) is 1. The molecule has 0 atom stereocenters. The van der Waals surface area contributed by atoms with Gasteiger partial charge in [0.2, 0.25) is 5.91 Å². The fraction of sp³-hybridized carbons (Fsp3) is 0.333. The molecule has 0 saturated carbocycles. The van der Waals surface area contributed by atoms with Crippen LogP contribution < -0.4 is 15.8 Å². The van der Waals surface area contributed by atoms with Crippen molar-refractivity contribution in [1.82, 2.24) is 5.32 Å². The Kier molecular flexibility index (Phi) is 6.00. The second kappa shape index (κ2) is 7.55. The lowest BCUT2D eigenvalue weighted by molar-refractivity contribution is -0.119. The molecule has 1 aromatic carbocycles. The number of amides is 1. The Balaban J connectivity index is 2.52. The molecule has 1 rings (SSSR count). The molecule has 0 aromatic heterocycles. The Morgan fingerprint density at radius 2 is 2.33 bits per heavy atom. The average Bonchev–Trinajstić information content (AvgIpc) is 2.35. The van der Waals surface area contributed by atoms with Crippen LogP contribution in [0.2, 0.25) is 0 Å². The molecule has 0 unspecified atom stereocenters. The first-order chi connectivity index (χ1) is 8.61. The number of benzene rings is 1. The molecule has 98 valence electrons. The number of nitrogens with zero attached hydrogens (tertiary/aromatic N) is 1. The number of alkyl halides is 1. The number of nitrogens with one attached hydrogen (secondary N) is 1. The summed E-state index contributed by atoms with van der Waals surface area (Å²) in [6.45, 7) is 2.33. The highest BCUT2D eigenvalue weighted by atomic mass is 35.5. The molecule has 0 saturated heterocycles. The van der Waals surface area contributed by atoms with E-state index < -0.39 is 0 Å². The molecule has 0 spiro atoms. The molecule has 1 aromatic rings. The van der Waals surface area contributed by atoms with Crippen molar-refractivity contribution in [2.45, 2.75) is 6.92 Å². The van der Waals surface area contributed by atoms with E-state index >= 15 is 0 Å². The van der Waals surface area contributed by atoms with E-state index in [1.165, 1.54) is 6.92 Å². The van der Waals surface area contributed by atoms with Crippen molar-refractivity contribution in [2.24, 2.45) is 10.7 Å². The summed E-state index contributed by atoms with van der Waals surface area (Å²) in [5.41, 5.74) is 6.23.